The highest BCUT2D eigenvalue weighted by Crippen LogP contribution is 2.26. The Morgan fingerprint density at radius 1 is 1.29 bits per heavy atom. The van der Waals surface area contributed by atoms with Crippen LogP contribution in [0.4, 0.5) is 5.69 Å². The molecule has 1 aromatic rings. The highest BCUT2D eigenvalue weighted by atomic mass is 14.9. The molecule has 1 saturated carbocycles. The molecule has 0 amide bonds. The van der Waals surface area contributed by atoms with Gasteiger partial charge in [-0.1, -0.05) is 6.42 Å². The van der Waals surface area contributed by atoms with Crippen molar-refractivity contribution in [1.82, 2.24) is 0 Å². The van der Waals surface area contributed by atoms with Crippen LogP contribution in [0.5, 0.6) is 0 Å². The summed E-state index contributed by atoms with van der Waals surface area (Å²) in [7, 11) is 0. The van der Waals surface area contributed by atoms with Crippen LogP contribution < -0.4 is 5.32 Å². The van der Waals surface area contributed by atoms with E-state index in [1.54, 1.807) is 0 Å². The molecular weight excluding hydrogens is 172 g/mol. The van der Waals surface area contributed by atoms with E-state index in [4.69, 9.17) is 5.26 Å². The SMILES string of the molecule is N#Cc1ccc(NCC2CCC2)cc1. The minimum absolute atomic E-state index is 0.721. The summed E-state index contributed by atoms with van der Waals surface area (Å²) >= 11 is 0. The fraction of sp³-hybridized carbons (Fsp3) is 0.417. The quantitative estimate of drug-likeness (QED) is 0.787. The molecule has 0 aliphatic heterocycles. The van der Waals surface area contributed by atoms with E-state index < -0.39 is 0 Å². The van der Waals surface area contributed by atoms with Crippen LogP contribution >= 0.6 is 0 Å². The van der Waals surface area contributed by atoms with Crippen molar-refractivity contribution in [3.05, 3.63) is 29.8 Å². The predicted octanol–water partition coefficient (Wildman–Crippen LogP) is 2.77. The fourth-order valence-corrected chi connectivity index (χ4v) is 1.62. The van der Waals surface area contributed by atoms with Gasteiger partial charge in [-0.3, -0.25) is 0 Å². The van der Waals surface area contributed by atoms with Crippen molar-refractivity contribution in [3.8, 4) is 6.07 Å². The largest absolute Gasteiger partial charge is 0.385 e. The Morgan fingerprint density at radius 3 is 2.50 bits per heavy atom. The second-order valence-electron chi connectivity index (χ2n) is 3.87. The van der Waals surface area contributed by atoms with Gasteiger partial charge in [0.25, 0.3) is 0 Å². The molecule has 1 N–H and O–H groups in total. The number of nitrogens with zero attached hydrogens (tertiary/aromatic N) is 1. The molecule has 1 aliphatic rings. The normalized spacial score (nSPS) is 15.6. The number of hydrogen-bond donors (Lipinski definition) is 1. The molecule has 1 fully saturated rings. The van der Waals surface area contributed by atoms with Gasteiger partial charge >= 0.3 is 0 Å². The lowest BCUT2D eigenvalue weighted by atomic mass is 9.85. The second kappa shape index (κ2) is 4.15. The third-order valence-corrected chi connectivity index (χ3v) is 2.83. The maximum atomic E-state index is 8.62. The minimum Gasteiger partial charge on any atom is -0.385 e. The van der Waals surface area contributed by atoms with Crippen molar-refractivity contribution >= 4 is 5.69 Å². The standard InChI is InChI=1S/C12H14N2/c13-8-10-4-6-12(7-5-10)14-9-11-2-1-3-11/h4-7,11,14H,1-3,9H2. The van der Waals surface area contributed by atoms with Crippen LogP contribution in [0.3, 0.4) is 0 Å². The number of nitrogens with one attached hydrogen (secondary N) is 1. The number of anilines is 1. The summed E-state index contributed by atoms with van der Waals surface area (Å²) in [5, 5.41) is 12.0. The minimum atomic E-state index is 0.721. The lowest BCUT2D eigenvalue weighted by molar-refractivity contribution is 0.333. The van der Waals surface area contributed by atoms with E-state index in [2.05, 4.69) is 11.4 Å². The third-order valence-electron chi connectivity index (χ3n) is 2.83. The smallest absolute Gasteiger partial charge is 0.0991 e. The van der Waals surface area contributed by atoms with Gasteiger partial charge in [-0.25, -0.2) is 0 Å². The Balaban J connectivity index is 1.86. The van der Waals surface area contributed by atoms with Gasteiger partial charge in [0.1, 0.15) is 0 Å². The number of nitriles is 1. The van der Waals surface area contributed by atoms with Crippen molar-refractivity contribution in [3.63, 3.8) is 0 Å². The molecule has 0 atom stereocenters. The van der Waals surface area contributed by atoms with E-state index in [1.807, 2.05) is 24.3 Å². The zero-order valence-corrected chi connectivity index (χ0v) is 8.16. The van der Waals surface area contributed by atoms with Crippen molar-refractivity contribution < 1.29 is 0 Å². The summed E-state index contributed by atoms with van der Waals surface area (Å²) in [5.41, 5.74) is 1.84. The monoisotopic (exact) mass is 186 g/mol. The topological polar surface area (TPSA) is 35.8 Å². The Kier molecular flexibility index (Phi) is 2.69. The van der Waals surface area contributed by atoms with Crippen LogP contribution in [0.25, 0.3) is 0 Å². The summed E-state index contributed by atoms with van der Waals surface area (Å²) in [6.45, 7) is 1.08. The predicted molar refractivity (Wildman–Crippen MR) is 57.0 cm³/mol. The molecule has 14 heavy (non-hydrogen) atoms. The molecule has 2 rings (SSSR count). The average Bonchev–Trinajstić information content (AvgIpc) is 2.16. The molecule has 1 aromatic carbocycles. The van der Waals surface area contributed by atoms with Gasteiger partial charge in [-0.2, -0.15) is 5.26 Å². The average molecular weight is 186 g/mol. The van der Waals surface area contributed by atoms with E-state index in [0.29, 0.717) is 0 Å². The number of benzene rings is 1. The Labute approximate surface area is 84.6 Å². The summed E-state index contributed by atoms with van der Waals surface area (Å²) in [6.07, 6.45) is 4.12. The summed E-state index contributed by atoms with van der Waals surface area (Å²) in [4.78, 5) is 0. The van der Waals surface area contributed by atoms with E-state index in [-0.39, 0.29) is 0 Å². The van der Waals surface area contributed by atoms with Gasteiger partial charge in [0.15, 0.2) is 0 Å². The van der Waals surface area contributed by atoms with Crippen LogP contribution in [-0.4, -0.2) is 6.54 Å². The molecule has 0 spiro atoms. The third kappa shape index (κ3) is 2.05. The van der Waals surface area contributed by atoms with Crippen LogP contribution in [0.1, 0.15) is 24.8 Å². The molecule has 0 aromatic heterocycles. The first kappa shape index (κ1) is 9.08. The van der Waals surface area contributed by atoms with Crippen LogP contribution in [-0.2, 0) is 0 Å². The first-order valence-electron chi connectivity index (χ1n) is 5.12. The molecule has 0 unspecified atom stereocenters. The molecule has 72 valence electrons. The first-order chi connectivity index (χ1) is 6.88. The Bertz CT molecular complexity index is 330. The molecule has 2 nitrogen and oxygen atoms in total. The van der Waals surface area contributed by atoms with Crippen molar-refractivity contribution in [2.45, 2.75) is 19.3 Å². The first-order valence-corrected chi connectivity index (χ1v) is 5.12. The summed E-state index contributed by atoms with van der Waals surface area (Å²) in [6, 6.07) is 9.75. The summed E-state index contributed by atoms with van der Waals surface area (Å²) < 4.78 is 0. The zero-order valence-electron chi connectivity index (χ0n) is 8.16. The van der Waals surface area contributed by atoms with Crippen molar-refractivity contribution in [2.24, 2.45) is 5.92 Å². The Hall–Kier alpha value is -1.49. The van der Waals surface area contributed by atoms with Gasteiger partial charge in [0, 0.05) is 12.2 Å². The van der Waals surface area contributed by atoms with Crippen molar-refractivity contribution in [2.75, 3.05) is 11.9 Å². The van der Waals surface area contributed by atoms with Gasteiger partial charge in [-0.05, 0) is 43.0 Å². The van der Waals surface area contributed by atoms with Gasteiger partial charge < -0.3 is 5.32 Å². The maximum Gasteiger partial charge on any atom is 0.0991 e. The van der Waals surface area contributed by atoms with Crippen LogP contribution in [0, 0.1) is 17.2 Å². The van der Waals surface area contributed by atoms with E-state index in [1.165, 1.54) is 19.3 Å². The number of hydrogen-bond acceptors (Lipinski definition) is 2. The highest BCUT2D eigenvalue weighted by molar-refractivity contribution is 5.47. The molecule has 0 heterocycles. The van der Waals surface area contributed by atoms with E-state index >= 15 is 0 Å². The molecule has 2 heteroatoms. The second-order valence-corrected chi connectivity index (χ2v) is 3.87. The van der Waals surface area contributed by atoms with Gasteiger partial charge in [-0.15, -0.1) is 0 Å². The zero-order chi connectivity index (χ0) is 9.80. The molecule has 0 bridgehead atoms. The fourth-order valence-electron chi connectivity index (χ4n) is 1.62. The lowest BCUT2D eigenvalue weighted by Crippen LogP contribution is -2.20. The Morgan fingerprint density at radius 2 is 2.00 bits per heavy atom. The molecule has 0 radical (unpaired) electrons. The van der Waals surface area contributed by atoms with Crippen molar-refractivity contribution in [1.29, 1.82) is 5.26 Å². The molecule has 1 aliphatic carbocycles. The van der Waals surface area contributed by atoms with E-state index in [0.717, 1.165) is 23.7 Å². The van der Waals surface area contributed by atoms with Gasteiger partial charge in [0.2, 0.25) is 0 Å². The van der Waals surface area contributed by atoms with Gasteiger partial charge in [0.05, 0.1) is 11.6 Å². The van der Waals surface area contributed by atoms with Crippen LogP contribution in [0.2, 0.25) is 0 Å². The summed E-state index contributed by atoms with van der Waals surface area (Å²) in [5.74, 6) is 0.866. The number of rotatable bonds is 3. The molecule has 0 saturated heterocycles. The van der Waals surface area contributed by atoms with Crippen LogP contribution in [0.15, 0.2) is 24.3 Å². The maximum absolute atomic E-state index is 8.62. The highest BCUT2D eigenvalue weighted by Gasteiger charge is 2.16. The van der Waals surface area contributed by atoms with E-state index in [9.17, 15) is 0 Å². The molecular formula is C12H14N2. The lowest BCUT2D eigenvalue weighted by Gasteiger charge is -2.25.